The van der Waals surface area contributed by atoms with Gasteiger partial charge in [0.1, 0.15) is 0 Å². The molecule has 4 aromatic carbocycles. The van der Waals surface area contributed by atoms with Gasteiger partial charge in [0.15, 0.2) is 0 Å². The van der Waals surface area contributed by atoms with Crippen LogP contribution in [0.2, 0.25) is 0 Å². The second-order valence-corrected chi connectivity index (χ2v) is 11.0. The highest BCUT2D eigenvalue weighted by atomic mass is 32.2. The Balaban J connectivity index is 1.69. The Hall–Kier alpha value is -3.57. The number of hydrogen-bond acceptors (Lipinski definition) is 2. The first-order valence-corrected chi connectivity index (χ1v) is 13.8. The number of hydrogen-bond donors (Lipinski definition) is 0. The third kappa shape index (κ3) is 3.45. The summed E-state index contributed by atoms with van der Waals surface area (Å²) < 4.78 is 31.7. The normalized spacial score (nSPS) is 12.4. The van der Waals surface area contributed by atoms with E-state index in [0.717, 1.165) is 34.8 Å². The minimum Gasteiger partial charge on any atom is -0.340 e. The SMILES string of the molecule is CCCCCCn1c2ccccc2c2cc3c4ccccc4n(S(=O)(=O)c4ccccc4)c3cc21. The van der Waals surface area contributed by atoms with Crippen molar-refractivity contribution >= 4 is 53.6 Å². The maximum absolute atomic E-state index is 13.9. The quantitative estimate of drug-likeness (QED) is 0.220. The molecule has 176 valence electrons. The molecule has 0 saturated carbocycles. The summed E-state index contributed by atoms with van der Waals surface area (Å²) in [6.45, 7) is 3.14. The molecule has 0 aliphatic carbocycles. The predicted octanol–water partition coefficient (Wildman–Crippen LogP) is 7.72. The number of fused-ring (bicyclic) bond motifs is 6. The van der Waals surface area contributed by atoms with Gasteiger partial charge in [0.25, 0.3) is 10.0 Å². The van der Waals surface area contributed by atoms with Gasteiger partial charge in [-0.3, -0.25) is 0 Å². The van der Waals surface area contributed by atoms with Crippen LogP contribution in [0.25, 0.3) is 43.6 Å². The van der Waals surface area contributed by atoms with Crippen LogP contribution in [-0.2, 0) is 16.6 Å². The van der Waals surface area contributed by atoms with Crippen LogP contribution in [0.4, 0.5) is 0 Å². The molecule has 0 unspecified atom stereocenters. The summed E-state index contributed by atoms with van der Waals surface area (Å²) in [6.07, 6.45) is 4.72. The van der Waals surface area contributed by atoms with Crippen molar-refractivity contribution in [2.75, 3.05) is 0 Å². The van der Waals surface area contributed by atoms with Crippen molar-refractivity contribution in [1.82, 2.24) is 8.54 Å². The summed E-state index contributed by atoms with van der Waals surface area (Å²) >= 11 is 0. The molecule has 0 aliphatic heterocycles. The zero-order chi connectivity index (χ0) is 24.0. The van der Waals surface area contributed by atoms with E-state index in [4.69, 9.17) is 0 Å². The summed E-state index contributed by atoms with van der Waals surface area (Å²) in [5.41, 5.74) is 3.72. The third-order valence-electron chi connectivity index (χ3n) is 7.04. The van der Waals surface area contributed by atoms with E-state index in [0.29, 0.717) is 10.4 Å². The largest absolute Gasteiger partial charge is 0.340 e. The van der Waals surface area contributed by atoms with Gasteiger partial charge in [0, 0.05) is 33.6 Å². The molecule has 0 spiro atoms. The summed E-state index contributed by atoms with van der Waals surface area (Å²) in [5, 5.41) is 4.29. The second kappa shape index (κ2) is 8.58. The van der Waals surface area contributed by atoms with Crippen molar-refractivity contribution in [3.63, 3.8) is 0 Å². The van der Waals surface area contributed by atoms with Crippen LogP contribution in [0, 0.1) is 0 Å². The van der Waals surface area contributed by atoms with Gasteiger partial charge in [-0.2, -0.15) is 0 Å². The van der Waals surface area contributed by atoms with Crippen molar-refractivity contribution < 1.29 is 8.42 Å². The topological polar surface area (TPSA) is 44.0 Å². The lowest BCUT2D eigenvalue weighted by Gasteiger charge is -2.10. The van der Waals surface area contributed by atoms with Crippen molar-refractivity contribution in [3.8, 4) is 0 Å². The molecule has 0 amide bonds. The molecule has 0 atom stereocenters. The molecule has 35 heavy (non-hydrogen) atoms. The van der Waals surface area contributed by atoms with Gasteiger partial charge in [-0.1, -0.05) is 80.8 Å². The standard InChI is InChI=1S/C30H28N2O2S/c1-2-3-4-12-19-31-27-17-10-8-15-23(27)25-20-26-24-16-9-11-18-28(24)32(30(26)21-29(25)31)35(33,34)22-13-6-5-7-14-22/h5-11,13-18,20-21H,2-4,12,19H2,1H3. The number of unbranched alkanes of at least 4 members (excludes halogenated alkanes) is 3. The number of rotatable bonds is 7. The number of para-hydroxylation sites is 2. The van der Waals surface area contributed by atoms with Gasteiger partial charge < -0.3 is 4.57 Å². The highest BCUT2D eigenvalue weighted by Gasteiger charge is 2.24. The Morgan fingerprint density at radius 2 is 1.23 bits per heavy atom. The summed E-state index contributed by atoms with van der Waals surface area (Å²) in [5.74, 6) is 0. The van der Waals surface area contributed by atoms with Crippen LogP contribution < -0.4 is 0 Å². The van der Waals surface area contributed by atoms with E-state index in [1.807, 2.05) is 30.3 Å². The molecule has 0 radical (unpaired) electrons. The lowest BCUT2D eigenvalue weighted by Crippen LogP contribution is -2.12. The van der Waals surface area contributed by atoms with Crippen LogP contribution in [0.5, 0.6) is 0 Å². The lowest BCUT2D eigenvalue weighted by atomic mass is 10.1. The van der Waals surface area contributed by atoms with Gasteiger partial charge in [-0.05, 0) is 42.8 Å². The summed E-state index contributed by atoms with van der Waals surface area (Å²) in [4.78, 5) is 0.294. The Morgan fingerprint density at radius 1 is 0.600 bits per heavy atom. The summed E-state index contributed by atoms with van der Waals surface area (Å²) in [7, 11) is -3.78. The monoisotopic (exact) mass is 480 g/mol. The molecular weight excluding hydrogens is 452 g/mol. The molecule has 2 heterocycles. The molecule has 2 aromatic heterocycles. The van der Waals surface area contributed by atoms with Crippen molar-refractivity contribution in [2.24, 2.45) is 0 Å². The molecule has 0 N–H and O–H groups in total. The van der Waals surface area contributed by atoms with Gasteiger partial charge in [0.2, 0.25) is 0 Å². The third-order valence-corrected chi connectivity index (χ3v) is 8.78. The Labute approximate surface area is 205 Å². The van der Waals surface area contributed by atoms with Crippen molar-refractivity contribution in [2.45, 2.75) is 44.0 Å². The highest BCUT2D eigenvalue weighted by Crippen LogP contribution is 2.38. The van der Waals surface area contributed by atoms with Crippen molar-refractivity contribution in [3.05, 3.63) is 91.0 Å². The fraction of sp³-hybridized carbons (Fsp3) is 0.200. The van der Waals surface area contributed by atoms with Crippen molar-refractivity contribution in [1.29, 1.82) is 0 Å². The van der Waals surface area contributed by atoms with E-state index in [9.17, 15) is 8.42 Å². The molecule has 6 rings (SSSR count). The fourth-order valence-electron chi connectivity index (χ4n) is 5.37. The highest BCUT2D eigenvalue weighted by molar-refractivity contribution is 7.90. The zero-order valence-corrected chi connectivity index (χ0v) is 20.6. The predicted molar refractivity (Wildman–Crippen MR) is 146 cm³/mol. The molecule has 0 aliphatic rings. The minimum atomic E-state index is -3.78. The van der Waals surface area contributed by atoms with Crippen LogP contribution >= 0.6 is 0 Å². The Kier molecular flexibility index (Phi) is 5.37. The second-order valence-electron chi connectivity index (χ2n) is 9.22. The fourth-order valence-corrected chi connectivity index (χ4v) is 6.91. The van der Waals surface area contributed by atoms with E-state index < -0.39 is 10.0 Å². The van der Waals surface area contributed by atoms with Gasteiger partial charge >= 0.3 is 0 Å². The number of aromatic nitrogens is 2. The minimum absolute atomic E-state index is 0.294. The lowest BCUT2D eigenvalue weighted by molar-refractivity contribution is 0.590. The number of aryl methyl sites for hydroxylation is 1. The van der Waals surface area contributed by atoms with E-state index in [1.54, 1.807) is 24.3 Å². The first-order valence-electron chi connectivity index (χ1n) is 12.4. The maximum Gasteiger partial charge on any atom is 0.268 e. The van der Waals surface area contributed by atoms with E-state index in [-0.39, 0.29) is 0 Å². The van der Waals surface area contributed by atoms with E-state index in [1.165, 1.54) is 39.5 Å². The summed E-state index contributed by atoms with van der Waals surface area (Å²) in [6, 6.07) is 29.3. The first kappa shape index (κ1) is 21.9. The van der Waals surface area contributed by atoms with Crippen LogP contribution in [-0.4, -0.2) is 17.0 Å². The molecule has 0 fully saturated rings. The Morgan fingerprint density at radius 3 is 1.97 bits per heavy atom. The molecule has 0 bridgehead atoms. The van der Waals surface area contributed by atoms with Crippen LogP contribution in [0.3, 0.4) is 0 Å². The maximum atomic E-state index is 13.9. The van der Waals surface area contributed by atoms with Gasteiger partial charge in [0.05, 0.1) is 21.4 Å². The molecule has 6 aromatic rings. The van der Waals surface area contributed by atoms with E-state index >= 15 is 0 Å². The Bertz CT molecular complexity index is 1790. The van der Waals surface area contributed by atoms with Crippen LogP contribution in [0.1, 0.15) is 32.6 Å². The zero-order valence-electron chi connectivity index (χ0n) is 19.8. The number of nitrogens with zero attached hydrogens (tertiary/aromatic N) is 2. The molecule has 4 nitrogen and oxygen atoms in total. The van der Waals surface area contributed by atoms with E-state index in [2.05, 4.69) is 47.9 Å². The smallest absolute Gasteiger partial charge is 0.268 e. The average Bonchev–Trinajstić information content (AvgIpc) is 3.38. The van der Waals surface area contributed by atoms with Gasteiger partial charge in [-0.15, -0.1) is 0 Å². The number of benzene rings is 4. The first-order chi connectivity index (χ1) is 17.1. The van der Waals surface area contributed by atoms with Crippen LogP contribution in [0.15, 0.2) is 95.9 Å². The molecule has 5 heteroatoms. The average molecular weight is 481 g/mol. The van der Waals surface area contributed by atoms with Gasteiger partial charge in [-0.25, -0.2) is 12.4 Å². The molecule has 0 saturated heterocycles. The molecular formula is C30H28N2O2S.